The van der Waals surface area contributed by atoms with Crippen molar-refractivity contribution in [3.8, 4) is 0 Å². The predicted octanol–water partition coefficient (Wildman–Crippen LogP) is 9.17. The lowest BCUT2D eigenvalue weighted by Crippen LogP contribution is -2.30. The lowest BCUT2D eigenvalue weighted by atomic mass is 9.88. The molecule has 1 fully saturated rings. The zero-order valence-electron chi connectivity index (χ0n) is 39.6. The van der Waals surface area contributed by atoms with Crippen molar-refractivity contribution in [2.45, 2.75) is 192 Å². The van der Waals surface area contributed by atoms with Crippen LogP contribution < -0.4 is 0 Å². The fourth-order valence-electron chi connectivity index (χ4n) is 7.25. The highest BCUT2D eigenvalue weighted by molar-refractivity contribution is 7.47. The van der Waals surface area contributed by atoms with Crippen LogP contribution in [0.15, 0.2) is 60.8 Å². The molecule has 0 saturated heterocycles. The number of carbonyl (C=O) groups is 2. The minimum absolute atomic E-state index is 0.00497. The van der Waals surface area contributed by atoms with Crippen LogP contribution >= 0.6 is 15.6 Å². The molecule has 1 rings (SSSR count). The molecule has 1 unspecified atom stereocenters. The minimum atomic E-state index is -4.90. The summed E-state index contributed by atoms with van der Waals surface area (Å²) < 4.78 is 47.9. The van der Waals surface area contributed by atoms with Gasteiger partial charge in [0.2, 0.25) is 0 Å². The van der Waals surface area contributed by atoms with Crippen molar-refractivity contribution >= 4 is 27.6 Å². The number of aliphatic hydroxyl groups is 4. The molecule has 1 aliphatic carbocycles. The molecule has 0 bridgehead atoms. The highest BCUT2D eigenvalue weighted by Crippen LogP contribution is 2.44. The predicted molar refractivity (Wildman–Crippen MR) is 255 cm³/mol. The van der Waals surface area contributed by atoms with E-state index in [1.165, 1.54) is 19.3 Å². The van der Waals surface area contributed by atoms with E-state index >= 15 is 0 Å². The quantitative estimate of drug-likeness (QED) is 0.0130. The van der Waals surface area contributed by atoms with Gasteiger partial charge in [0.15, 0.2) is 6.10 Å². The van der Waals surface area contributed by atoms with Crippen molar-refractivity contribution in [3.05, 3.63) is 60.8 Å². The number of allylic oxidation sites excluding steroid dienone is 8. The van der Waals surface area contributed by atoms with Crippen LogP contribution in [0.5, 0.6) is 0 Å². The first kappa shape index (κ1) is 61.7. The molecule has 0 aromatic carbocycles. The van der Waals surface area contributed by atoms with E-state index < -0.39 is 84.5 Å². The molecule has 7 N–H and O–H groups in total. The highest BCUT2D eigenvalue weighted by atomic mass is 31.2. The van der Waals surface area contributed by atoms with E-state index in [0.29, 0.717) is 32.1 Å². The molecule has 0 aliphatic heterocycles. The smallest absolute Gasteiger partial charge is 0.462 e. The van der Waals surface area contributed by atoms with Crippen LogP contribution in [0.2, 0.25) is 0 Å². The standard InChI is InChI=1S/C48H84O16P2/c1-3-5-7-8-9-10-11-12-13-14-15-16-17-18-19-20-21-22-27-31-47(53)60-38-42(39-63-66(58,59)62-37-41(50)36-61-65(55,56)57)64-48(54)32-28-24-23-26-30-43-44(46(52)35-45(43)51)34-33-40(49)29-25-6-4-2/h9-10,12-13,15-16,18-19,33-34,40-46,49-52H,3-8,11,14,17,20-32,35-39H2,1-2H3,(H,58,59)(H2,55,56,57)/b10-9-,13-12-,16-15-,19-18-,34-33+/t40-,41-,42+,43+,44+,45-,46+/m0/s1. The monoisotopic (exact) mass is 979 g/mol. The van der Waals surface area contributed by atoms with Gasteiger partial charge in [-0.2, -0.15) is 0 Å². The summed E-state index contributed by atoms with van der Waals surface area (Å²) in [5.41, 5.74) is 0. The maximum absolute atomic E-state index is 12.8. The average molecular weight is 979 g/mol. The van der Waals surface area contributed by atoms with Gasteiger partial charge in [-0.3, -0.25) is 23.2 Å². The molecule has 0 heterocycles. The van der Waals surface area contributed by atoms with Crippen molar-refractivity contribution in [2.75, 3.05) is 26.4 Å². The molecule has 0 aromatic rings. The number of phosphoric acid groups is 2. The lowest BCUT2D eigenvalue weighted by Gasteiger charge is -2.21. The van der Waals surface area contributed by atoms with E-state index in [-0.39, 0.29) is 31.1 Å². The number of esters is 2. The normalized spacial score (nSPS) is 20.6. The summed E-state index contributed by atoms with van der Waals surface area (Å²) in [5.74, 6) is -1.61. The van der Waals surface area contributed by atoms with E-state index in [4.69, 9.17) is 23.8 Å². The molecule has 66 heavy (non-hydrogen) atoms. The second-order valence-corrected chi connectivity index (χ2v) is 19.7. The molecule has 0 radical (unpaired) electrons. The van der Waals surface area contributed by atoms with Gasteiger partial charge in [0.05, 0.1) is 38.1 Å². The van der Waals surface area contributed by atoms with Gasteiger partial charge < -0.3 is 44.6 Å². The van der Waals surface area contributed by atoms with Gasteiger partial charge in [-0.1, -0.05) is 132 Å². The zero-order valence-corrected chi connectivity index (χ0v) is 41.4. The summed E-state index contributed by atoms with van der Waals surface area (Å²) in [6.07, 6.45) is 34.1. The van der Waals surface area contributed by atoms with Gasteiger partial charge in [-0.15, -0.1) is 0 Å². The van der Waals surface area contributed by atoms with Gasteiger partial charge in [0.25, 0.3) is 0 Å². The van der Waals surface area contributed by atoms with Crippen molar-refractivity contribution in [2.24, 2.45) is 11.8 Å². The van der Waals surface area contributed by atoms with Crippen LogP contribution in [-0.4, -0.2) is 104 Å². The fourth-order valence-corrected chi connectivity index (χ4v) is 8.41. The van der Waals surface area contributed by atoms with Crippen LogP contribution in [0.3, 0.4) is 0 Å². The van der Waals surface area contributed by atoms with Crippen molar-refractivity contribution in [3.63, 3.8) is 0 Å². The van der Waals surface area contributed by atoms with Gasteiger partial charge in [0.1, 0.15) is 12.7 Å². The topological polar surface area (TPSA) is 256 Å². The first-order valence-electron chi connectivity index (χ1n) is 24.2. The first-order valence-corrected chi connectivity index (χ1v) is 27.3. The first-order chi connectivity index (χ1) is 31.6. The number of aliphatic hydroxyl groups excluding tert-OH is 4. The molecule has 382 valence electrons. The Labute approximate surface area is 394 Å². The van der Waals surface area contributed by atoms with Crippen LogP contribution in [0.25, 0.3) is 0 Å². The zero-order chi connectivity index (χ0) is 48.9. The number of hydrogen-bond acceptors (Lipinski definition) is 13. The van der Waals surface area contributed by atoms with Crippen LogP contribution in [-0.2, 0) is 41.8 Å². The summed E-state index contributed by atoms with van der Waals surface area (Å²) >= 11 is 0. The maximum Gasteiger partial charge on any atom is 0.472 e. The molecule has 18 heteroatoms. The number of phosphoric ester groups is 2. The Kier molecular flexibility index (Phi) is 36.0. The van der Waals surface area contributed by atoms with E-state index in [0.717, 1.165) is 77.0 Å². The van der Waals surface area contributed by atoms with Gasteiger partial charge in [-0.25, -0.2) is 9.13 Å². The van der Waals surface area contributed by atoms with Gasteiger partial charge in [0, 0.05) is 25.2 Å². The van der Waals surface area contributed by atoms with Crippen LogP contribution in [0.4, 0.5) is 0 Å². The van der Waals surface area contributed by atoms with E-state index in [9.17, 15) is 44.0 Å². The molecular weight excluding hydrogens is 894 g/mol. The second kappa shape index (κ2) is 38.5. The number of hydrogen-bond donors (Lipinski definition) is 7. The van der Waals surface area contributed by atoms with Crippen LogP contribution in [0.1, 0.15) is 162 Å². The Morgan fingerprint density at radius 1 is 0.621 bits per heavy atom. The Morgan fingerprint density at radius 3 is 1.77 bits per heavy atom. The Hall–Kier alpha value is -2.30. The van der Waals surface area contributed by atoms with Gasteiger partial charge in [-0.05, 0) is 76.5 Å². The average Bonchev–Trinajstić information content (AvgIpc) is 3.54. The molecule has 8 atom stereocenters. The minimum Gasteiger partial charge on any atom is -0.462 e. The van der Waals surface area contributed by atoms with E-state index in [1.807, 2.05) is 6.08 Å². The SMILES string of the molecule is CCCCC/C=C\C/C=C\C/C=C\C/C=C\CCCCCC(=O)OC[C@H](COP(=O)(O)OC[C@@H](O)COP(=O)(O)O)OC(=O)CCCCCC[C@@H]1[C@@H](/C=C/[C@@H](O)CCCCC)[C@H](O)C[C@@H]1O. The summed E-state index contributed by atoms with van der Waals surface area (Å²) in [5, 5.41) is 41.2. The summed E-state index contributed by atoms with van der Waals surface area (Å²) in [6.45, 7) is 1.36. The number of unbranched alkanes of at least 4 members (excludes halogenated alkanes) is 11. The molecular formula is C48H84O16P2. The summed E-state index contributed by atoms with van der Waals surface area (Å²) in [6, 6.07) is 0. The summed E-state index contributed by atoms with van der Waals surface area (Å²) in [7, 11) is -9.78. The third-order valence-corrected chi connectivity index (χ3v) is 12.4. The number of ether oxygens (including phenoxy) is 2. The second-order valence-electron chi connectivity index (χ2n) is 17.0. The lowest BCUT2D eigenvalue weighted by molar-refractivity contribution is -0.161. The largest absolute Gasteiger partial charge is 0.472 e. The molecule has 16 nitrogen and oxygen atoms in total. The van der Waals surface area contributed by atoms with E-state index in [2.05, 4.69) is 71.5 Å². The van der Waals surface area contributed by atoms with Gasteiger partial charge >= 0.3 is 27.6 Å². The fraction of sp³-hybridized carbons (Fsp3) is 0.750. The Balaban J connectivity index is 2.53. The molecule has 1 aliphatic rings. The highest BCUT2D eigenvalue weighted by Gasteiger charge is 2.39. The molecule has 1 saturated carbocycles. The molecule has 0 aromatic heterocycles. The van der Waals surface area contributed by atoms with Crippen molar-refractivity contribution in [1.82, 2.24) is 0 Å². The molecule has 0 amide bonds. The third kappa shape index (κ3) is 34.9. The van der Waals surface area contributed by atoms with E-state index in [1.54, 1.807) is 6.08 Å². The number of rotatable bonds is 41. The molecule has 0 spiro atoms. The number of carbonyl (C=O) groups excluding carboxylic acids is 2. The van der Waals surface area contributed by atoms with Crippen molar-refractivity contribution < 1.29 is 76.9 Å². The third-order valence-electron chi connectivity index (χ3n) is 11.0. The summed E-state index contributed by atoms with van der Waals surface area (Å²) in [4.78, 5) is 53.1. The Bertz CT molecular complexity index is 1510. The Morgan fingerprint density at radius 2 is 1.15 bits per heavy atom. The van der Waals surface area contributed by atoms with Crippen LogP contribution in [0, 0.1) is 11.8 Å². The van der Waals surface area contributed by atoms with Crippen molar-refractivity contribution in [1.29, 1.82) is 0 Å². The maximum atomic E-state index is 12.8.